The normalized spacial score (nSPS) is 11.0. The maximum Gasteiger partial charge on any atom is 0.120 e. The topological polar surface area (TPSA) is 61.3 Å². The van der Waals surface area contributed by atoms with Gasteiger partial charge in [0.15, 0.2) is 0 Å². The van der Waals surface area contributed by atoms with E-state index in [0.29, 0.717) is 5.56 Å². The van der Waals surface area contributed by atoms with Crippen molar-refractivity contribution in [1.29, 1.82) is 5.26 Å². The van der Waals surface area contributed by atoms with Gasteiger partial charge in [0.1, 0.15) is 5.60 Å². The number of fused-ring (bicyclic) bond motifs is 1. The van der Waals surface area contributed by atoms with E-state index in [-0.39, 0.29) is 0 Å². The molecule has 0 aliphatic heterocycles. The summed E-state index contributed by atoms with van der Waals surface area (Å²) in [5.41, 5.74) is 6.45. The van der Waals surface area contributed by atoms with Crippen LogP contribution in [0, 0.1) is 30.1 Å². The summed E-state index contributed by atoms with van der Waals surface area (Å²) in [6.07, 6.45) is 3.72. The molecule has 0 radical (unpaired) electrons. The van der Waals surface area contributed by atoms with E-state index in [4.69, 9.17) is 0 Å². The minimum absolute atomic E-state index is 0.659. The molecule has 0 saturated carbocycles. The summed E-state index contributed by atoms with van der Waals surface area (Å²) in [4.78, 5) is 0. The van der Waals surface area contributed by atoms with Crippen LogP contribution in [0.3, 0.4) is 0 Å². The van der Waals surface area contributed by atoms with E-state index in [9.17, 15) is 10.4 Å². The SMILES string of the molecule is Cc1cc(C#N)cc(-c2ccc(-c3cnn4cccc(C#CC(C)(C)O)c34)cc2)c1. The second-order valence-corrected chi connectivity index (χ2v) is 7.86. The predicted molar refractivity (Wildman–Crippen MR) is 119 cm³/mol. The smallest absolute Gasteiger partial charge is 0.120 e. The quantitative estimate of drug-likeness (QED) is 0.491. The van der Waals surface area contributed by atoms with E-state index in [1.807, 2.05) is 43.6 Å². The first kappa shape index (κ1) is 19.5. The maximum absolute atomic E-state index is 9.97. The summed E-state index contributed by atoms with van der Waals surface area (Å²) < 4.78 is 1.80. The summed E-state index contributed by atoms with van der Waals surface area (Å²) in [7, 11) is 0. The Labute approximate surface area is 176 Å². The average molecular weight is 391 g/mol. The number of nitriles is 1. The number of pyridine rings is 1. The molecule has 146 valence electrons. The van der Waals surface area contributed by atoms with E-state index >= 15 is 0 Å². The van der Waals surface area contributed by atoms with Crippen molar-refractivity contribution >= 4 is 5.52 Å². The summed E-state index contributed by atoms with van der Waals surface area (Å²) >= 11 is 0. The molecule has 4 nitrogen and oxygen atoms in total. The highest BCUT2D eigenvalue weighted by atomic mass is 16.3. The number of benzene rings is 2. The molecule has 4 aromatic rings. The highest BCUT2D eigenvalue weighted by Gasteiger charge is 2.12. The predicted octanol–water partition coefficient (Wildman–Crippen LogP) is 4.97. The second kappa shape index (κ2) is 7.52. The lowest BCUT2D eigenvalue weighted by molar-refractivity contribution is 0.143. The van der Waals surface area contributed by atoms with Gasteiger partial charge in [-0.05, 0) is 67.3 Å². The molecule has 0 bridgehead atoms. The van der Waals surface area contributed by atoms with Gasteiger partial charge in [-0.15, -0.1) is 0 Å². The Kier molecular flexibility index (Phi) is 4.88. The summed E-state index contributed by atoms with van der Waals surface area (Å²) in [5, 5.41) is 23.7. The highest BCUT2D eigenvalue weighted by Crippen LogP contribution is 2.30. The number of nitrogens with zero attached hydrogens (tertiary/aromatic N) is 3. The molecule has 0 amide bonds. The maximum atomic E-state index is 9.97. The minimum Gasteiger partial charge on any atom is -0.378 e. The standard InChI is InChI=1S/C26H21N3O/c1-18-13-19(16-27)15-23(14-18)20-6-8-21(9-7-20)24-17-28-29-12-4-5-22(25(24)29)10-11-26(2,3)30/h4-9,12-15,17,30H,1-3H3. The highest BCUT2D eigenvalue weighted by molar-refractivity contribution is 5.85. The van der Waals surface area contributed by atoms with E-state index in [1.165, 1.54) is 0 Å². The number of hydrogen-bond donors (Lipinski definition) is 1. The number of aryl methyl sites for hydroxylation is 1. The lowest BCUT2D eigenvalue weighted by Crippen LogP contribution is -2.14. The fraction of sp³-hybridized carbons (Fsp3) is 0.154. The van der Waals surface area contributed by atoms with E-state index in [0.717, 1.165) is 38.9 Å². The molecule has 0 aliphatic rings. The van der Waals surface area contributed by atoms with Crippen LogP contribution in [0.15, 0.2) is 67.0 Å². The molecular formula is C26H21N3O. The summed E-state index contributed by atoms with van der Waals surface area (Å²) in [6.45, 7) is 5.33. The van der Waals surface area contributed by atoms with Crippen LogP contribution in [0.1, 0.15) is 30.5 Å². The van der Waals surface area contributed by atoms with Crippen LogP contribution in [0.5, 0.6) is 0 Å². The fourth-order valence-corrected chi connectivity index (χ4v) is 3.43. The molecule has 0 unspecified atom stereocenters. The van der Waals surface area contributed by atoms with E-state index in [2.05, 4.69) is 53.3 Å². The van der Waals surface area contributed by atoms with Crippen molar-refractivity contribution < 1.29 is 5.11 Å². The first-order chi connectivity index (χ1) is 14.3. The van der Waals surface area contributed by atoms with Crippen LogP contribution >= 0.6 is 0 Å². The largest absolute Gasteiger partial charge is 0.378 e. The molecule has 1 N–H and O–H groups in total. The lowest BCUT2D eigenvalue weighted by atomic mass is 9.97. The molecule has 0 fully saturated rings. The first-order valence-corrected chi connectivity index (χ1v) is 9.68. The van der Waals surface area contributed by atoms with Gasteiger partial charge in [-0.2, -0.15) is 10.4 Å². The Morgan fingerprint density at radius 2 is 1.73 bits per heavy atom. The second-order valence-electron chi connectivity index (χ2n) is 7.86. The van der Waals surface area contributed by atoms with E-state index in [1.54, 1.807) is 18.4 Å². The first-order valence-electron chi connectivity index (χ1n) is 9.68. The molecule has 30 heavy (non-hydrogen) atoms. The van der Waals surface area contributed by atoms with Gasteiger partial charge in [-0.1, -0.05) is 42.2 Å². The van der Waals surface area contributed by atoms with Crippen molar-refractivity contribution in [2.45, 2.75) is 26.4 Å². The molecular weight excluding hydrogens is 370 g/mol. The minimum atomic E-state index is -1.06. The average Bonchev–Trinajstić information content (AvgIpc) is 3.16. The van der Waals surface area contributed by atoms with Crippen LogP contribution < -0.4 is 0 Å². The van der Waals surface area contributed by atoms with Gasteiger partial charge < -0.3 is 5.11 Å². The number of hydrogen-bond acceptors (Lipinski definition) is 3. The van der Waals surface area contributed by atoms with Gasteiger partial charge in [0, 0.05) is 11.8 Å². The number of aliphatic hydroxyl groups is 1. The molecule has 2 heterocycles. The van der Waals surface area contributed by atoms with Crippen molar-refractivity contribution in [3.05, 3.63) is 83.7 Å². The Morgan fingerprint density at radius 3 is 2.43 bits per heavy atom. The van der Waals surface area contributed by atoms with Gasteiger partial charge in [-0.25, -0.2) is 4.52 Å². The van der Waals surface area contributed by atoms with Crippen molar-refractivity contribution in [2.75, 3.05) is 0 Å². The number of rotatable bonds is 2. The Morgan fingerprint density at radius 1 is 1.00 bits per heavy atom. The zero-order valence-electron chi connectivity index (χ0n) is 17.1. The summed E-state index contributed by atoms with van der Waals surface area (Å²) in [5.74, 6) is 5.97. The van der Waals surface area contributed by atoms with Crippen molar-refractivity contribution in [3.8, 4) is 40.2 Å². The van der Waals surface area contributed by atoms with Gasteiger partial charge in [0.2, 0.25) is 0 Å². The Bertz CT molecular complexity index is 1340. The Hall–Kier alpha value is -3.86. The van der Waals surface area contributed by atoms with Gasteiger partial charge >= 0.3 is 0 Å². The van der Waals surface area contributed by atoms with Crippen LogP contribution in [-0.2, 0) is 0 Å². The third-order valence-electron chi connectivity index (χ3n) is 4.78. The zero-order valence-corrected chi connectivity index (χ0v) is 17.1. The molecule has 4 heteroatoms. The van der Waals surface area contributed by atoms with Crippen LogP contribution in [0.2, 0.25) is 0 Å². The molecule has 0 saturated heterocycles. The zero-order chi connectivity index (χ0) is 21.3. The molecule has 2 aromatic carbocycles. The summed E-state index contributed by atoms with van der Waals surface area (Å²) in [6, 6.07) is 20.1. The van der Waals surface area contributed by atoms with Gasteiger partial charge in [0.05, 0.1) is 28.9 Å². The van der Waals surface area contributed by atoms with Crippen molar-refractivity contribution in [2.24, 2.45) is 0 Å². The molecule has 2 aromatic heterocycles. The molecule has 4 rings (SSSR count). The molecule has 0 aliphatic carbocycles. The van der Waals surface area contributed by atoms with Crippen LogP contribution in [-0.4, -0.2) is 20.3 Å². The van der Waals surface area contributed by atoms with Gasteiger partial charge in [0.25, 0.3) is 0 Å². The van der Waals surface area contributed by atoms with E-state index < -0.39 is 5.60 Å². The fourth-order valence-electron chi connectivity index (χ4n) is 3.43. The molecule has 0 atom stereocenters. The third kappa shape index (κ3) is 3.96. The van der Waals surface area contributed by atoms with Crippen LogP contribution in [0.4, 0.5) is 0 Å². The number of aromatic nitrogens is 2. The third-order valence-corrected chi connectivity index (χ3v) is 4.78. The van der Waals surface area contributed by atoms with Crippen LogP contribution in [0.25, 0.3) is 27.8 Å². The van der Waals surface area contributed by atoms with Crippen molar-refractivity contribution in [3.63, 3.8) is 0 Å². The molecule has 0 spiro atoms. The monoisotopic (exact) mass is 391 g/mol. The van der Waals surface area contributed by atoms with Crippen molar-refractivity contribution in [1.82, 2.24) is 9.61 Å². The Balaban J connectivity index is 1.78. The lowest BCUT2D eigenvalue weighted by Gasteiger charge is -2.08. The van der Waals surface area contributed by atoms with Gasteiger partial charge in [-0.3, -0.25) is 0 Å².